The lowest BCUT2D eigenvalue weighted by Crippen LogP contribution is -2.33. The molecule has 0 spiro atoms. The van der Waals surface area contributed by atoms with Gasteiger partial charge in [0.25, 0.3) is 0 Å². The fourth-order valence-electron chi connectivity index (χ4n) is 1.91. The Morgan fingerprint density at radius 2 is 2.39 bits per heavy atom. The summed E-state index contributed by atoms with van der Waals surface area (Å²) in [7, 11) is 1.62. The molecule has 0 saturated heterocycles. The summed E-state index contributed by atoms with van der Waals surface area (Å²) < 4.78 is 1.49. The van der Waals surface area contributed by atoms with Gasteiger partial charge in [0.15, 0.2) is 0 Å². The quantitative estimate of drug-likeness (QED) is 0.590. The third kappa shape index (κ3) is 2.58. The standard InChI is InChI=1S/C10H14N4O4/c1-12-6-11-9(14(17)18)10(12)13(5-8(15)16)4-7-2-3-7/h6-7H,2-5H2,1H3,(H,15,16). The van der Waals surface area contributed by atoms with E-state index >= 15 is 0 Å². The molecule has 1 aromatic rings. The van der Waals surface area contributed by atoms with Crippen LogP contribution in [0.5, 0.6) is 0 Å². The molecule has 1 fully saturated rings. The van der Waals surface area contributed by atoms with Gasteiger partial charge in [0.1, 0.15) is 6.54 Å². The van der Waals surface area contributed by atoms with E-state index < -0.39 is 10.9 Å². The van der Waals surface area contributed by atoms with Crippen LogP contribution in [0.1, 0.15) is 12.8 Å². The largest absolute Gasteiger partial charge is 0.480 e. The number of nitro groups is 1. The zero-order chi connectivity index (χ0) is 13.3. The molecular weight excluding hydrogens is 240 g/mol. The van der Waals surface area contributed by atoms with Crippen LogP contribution in [0.25, 0.3) is 0 Å². The number of hydrogen-bond donors (Lipinski definition) is 1. The molecule has 1 heterocycles. The van der Waals surface area contributed by atoms with Gasteiger partial charge in [-0.05, 0) is 28.7 Å². The fourth-order valence-corrected chi connectivity index (χ4v) is 1.91. The van der Waals surface area contributed by atoms with Crippen molar-refractivity contribution < 1.29 is 14.8 Å². The monoisotopic (exact) mass is 254 g/mol. The van der Waals surface area contributed by atoms with Gasteiger partial charge < -0.3 is 20.1 Å². The van der Waals surface area contributed by atoms with Crippen LogP contribution >= 0.6 is 0 Å². The molecule has 0 radical (unpaired) electrons. The van der Waals surface area contributed by atoms with E-state index in [1.165, 1.54) is 15.8 Å². The molecule has 8 nitrogen and oxygen atoms in total. The number of aliphatic carboxylic acids is 1. The number of rotatable bonds is 6. The number of aromatic nitrogens is 2. The second-order valence-corrected chi connectivity index (χ2v) is 4.48. The van der Waals surface area contributed by atoms with Gasteiger partial charge in [-0.1, -0.05) is 0 Å². The van der Waals surface area contributed by atoms with Crippen molar-refractivity contribution in [1.29, 1.82) is 0 Å². The van der Waals surface area contributed by atoms with Crippen LogP contribution in [0, 0.1) is 16.0 Å². The highest BCUT2D eigenvalue weighted by atomic mass is 16.6. The Hall–Kier alpha value is -2.12. The van der Waals surface area contributed by atoms with Crippen molar-refractivity contribution in [3.05, 3.63) is 16.4 Å². The third-order valence-electron chi connectivity index (χ3n) is 2.86. The molecular formula is C10H14N4O4. The van der Waals surface area contributed by atoms with Crippen molar-refractivity contribution in [2.24, 2.45) is 13.0 Å². The zero-order valence-corrected chi connectivity index (χ0v) is 9.94. The number of carbonyl (C=O) groups is 1. The van der Waals surface area contributed by atoms with E-state index in [-0.39, 0.29) is 18.2 Å². The second kappa shape index (κ2) is 4.63. The smallest absolute Gasteiger partial charge is 0.406 e. The summed E-state index contributed by atoms with van der Waals surface area (Å²) in [5.41, 5.74) is 0. The van der Waals surface area contributed by atoms with Crippen molar-refractivity contribution >= 4 is 17.6 Å². The molecule has 1 aliphatic rings. The summed E-state index contributed by atoms with van der Waals surface area (Å²) in [6.07, 6.45) is 3.42. The highest BCUT2D eigenvalue weighted by Gasteiger charge is 2.31. The number of carboxylic acid groups (broad SMARTS) is 1. The molecule has 2 rings (SSSR count). The molecule has 1 aliphatic carbocycles. The lowest BCUT2D eigenvalue weighted by molar-refractivity contribution is -0.388. The molecule has 8 heteroatoms. The lowest BCUT2D eigenvalue weighted by Gasteiger charge is -2.21. The second-order valence-electron chi connectivity index (χ2n) is 4.48. The molecule has 1 N–H and O–H groups in total. The van der Waals surface area contributed by atoms with E-state index in [0.717, 1.165) is 12.8 Å². The molecule has 0 bridgehead atoms. The van der Waals surface area contributed by atoms with Crippen LogP contribution in [-0.2, 0) is 11.8 Å². The molecule has 1 saturated carbocycles. The molecule has 0 unspecified atom stereocenters. The molecule has 0 amide bonds. The minimum absolute atomic E-state index is 0.253. The topological polar surface area (TPSA) is 101 Å². The van der Waals surface area contributed by atoms with Gasteiger partial charge in [-0.15, -0.1) is 0 Å². The Labute approximate surface area is 103 Å². The van der Waals surface area contributed by atoms with E-state index in [9.17, 15) is 14.9 Å². The Morgan fingerprint density at radius 1 is 1.72 bits per heavy atom. The number of carboxylic acids is 1. The SMILES string of the molecule is Cn1cnc([N+](=O)[O-])c1N(CC(=O)O)CC1CC1. The van der Waals surface area contributed by atoms with Crippen molar-refractivity contribution in [2.75, 3.05) is 18.0 Å². The highest BCUT2D eigenvalue weighted by Crippen LogP contribution is 2.33. The summed E-state index contributed by atoms with van der Waals surface area (Å²) in [6, 6.07) is 0. The van der Waals surface area contributed by atoms with Gasteiger partial charge in [-0.2, -0.15) is 0 Å². The lowest BCUT2D eigenvalue weighted by atomic mass is 10.3. The first kappa shape index (κ1) is 12.3. The Kier molecular flexibility index (Phi) is 3.17. The van der Waals surface area contributed by atoms with E-state index in [1.54, 1.807) is 7.05 Å². The maximum Gasteiger partial charge on any atom is 0.406 e. The van der Waals surface area contributed by atoms with Gasteiger partial charge in [-0.3, -0.25) is 9.36 Å². The van der Waals surface area contributed by atoms with E-state index in [1.807, 2.05) is 0 Å². The number of hydrogen-bond acceptors (Lipinski definition) is 5. The molecule has 0 aliphatic heterocycles. The highest BCUT2D eigenvalue weighted by molar-refractivity contribution is 5.74. The number of aryl methyl sites for hydroxylation is 1. The first-order valence-electron chi connectivity index (χ1n) is 5.61. The normalized spacial score (nSPS) is 14.5. The third-order valence-corrected chi connectivity index (χ3v) is 2.86. The van der Waals surface area contributed by atoms with Gasteiger partial charge in [0, 0.05) is 13.6 Å². The van der Waals surface area contributed by atoms with Crippen molar-refractivity contribution in [2.45, 2.75) is 12.8 Å². The summed E-state index contributed by atoms with van der Waals surface area (Å²) >= 11 is 0. The number of imidazole rings is 1. The molecule has 0 atom stereocenters. The molecule has 18 heavy (non-hydrogen) atoms. The minimum Gasteiger partial charge on any atom is -0.480 e. The number of anilines is 1. The predicted octanol–water partition coefficient (Wildman–Crippen LogP) is 0.629. The van der Waals surface area contributed by atoms with Crippen LogP contribution in [0.3, 0.4) is 0 Å². The predicted molar refractivity (Wildman–Crippen MR) is 62.4 cm³/mol. The maximum atomic E-state index is 10.9. The average molecular weight is 254 g/mol. The first-order chi connectivity index (χ1) is 8.49. The Balaban J connectivity index is 2.30. The van der Waals surface area contributed by atoms with Gasteiger partial charge >= 0.3 is 11.8 Å². The van der Waals surface area contributed by atoms with Crippen LogP contribution in [0.2, 0.25) is 0 Å². The Morgan fingerprint density at radius 3 is 2.89 bits per heavy atom. The summed E-state index contributed by atoms with van der Waals surface area (Å²) in [6.45, 7) is 0.267. The van der Waals surface area contributed by atoms with Crippen LogP contribution in [0.15, 0.2) is 6.33 Å². The van der Waals surface area contributed by atoms with Crippen LogP contribution in [-0.4, -0.2) is 38.6 Å². The van der Waals surface area contributed by atoms with Gasteiger partial charge in [0.2, 0.25) is 12.1 Å². The van der Waals surface area contributed by atoms with Crippen LogP contribution < -0.4 is 4.90 Å². The van der Waals surface area contributed by atoms with E-state index in [0.29, 0.717) is 12.5 Å². The molecule has 1 aromatic heterocycles. The van der Waals surface area contributed by atoms with E-state index in [4.69, 9.17) is 5.11 Å². The summed E-state index contributed by atoms with van der Waals surface area (Å²) in [5, 5.41) is 19.8. The Bertz CT molecular complexity index is 480. The van der Waals surface area contributed by atoms with Crippen molar-refractivity contribution in [3.63, 3.8) is 0 Å². The molecule has 98 valence electrons. The van der Waals surface area contributed by atoms with Gasteiger partial charge in [-0.25, -0.2) is 0 Å². The molecule has 0 aromatic carbocycles. The van der Waals surface area contributed by atoms with Gasteiger partial charge in [0.05, 0.1) is 0 Å². The van der Waals surface area contributed by atoms with Crippen molar-refractivity contribution in [1.82, 2.24) is 9.55 Å². The summed E-state index contributed by atoms with van der Waals surface area (Å²) in [5.74, 6) is -0.612. The van der Waals surface area contributed by atoms with Crippen LogP contribution in [0.4, 0.5) is 11.6 Å². The minimum atomic E-state index is -1.01. The first-order valence-corrected chi connectivity index (χ1v) is 5.61. The maximum absolute atomic E-state index is 10.9. The average Bonchev–Trinajstić information content (AvgIpc) is 2.98. The zero-order valence-electron chi connectivity index (χ0n) is 9.94. The summed E-state index contributed by atoms with van der Waals surface area (Å²) in [4.78, 5) is 26.4. The van der Waals surface area contributed by atoms with Crippen molar-refractivity contribution in [3.8, 4) is 0 Å². The fraction of sp³-hybridized carbons (Fsp3) is 0.600. The van der Waals surface area contributed by atoms with E-state index in [2.05, 4.69) is 4.98 Å². The number of nitrogens with zero attached hydrogens (tertiary/aromatic N) is 4.